The molecule has 0 aliphatic rings. The second kappa shape index (κ2) is 4.38. The van der Waals surface area contributed by atoms with Crippen LogP contribution in [0.4, 0.5) is 13.2 Å². The molecule has 0 saturated carbocycles. The first-order chi connectivity index (χ1) is 7.31. The normalized spacial score (nSPS) is 12.6. The number of alkyl halides is 3. The number of halogens is 3. The molecule has 0 radical (unpaired) electrons. The van der Waals surface area contributed by atoms with Crippen molar-refractivity contribution in [2.24, 2.45) is 0 Å². The molecule has 1 aromatic carbocycles. The van der Waals surface area contributed by atoms with Crippen molar-refractivity contribution in [2.75, 3.05) is 0 Å². The van der Waals surface area contributed by atoms with Crippen molar-refractivity contribution < 1.29 is 23.1 Å². The summed E-state index contributed by atoms with van der Waals surface area (Å²) in [6.07, 6.45) is -4.84. The summed E-state index contributed by atoms with van der Waals surface area (Å²) in [6.45, 7) is 1.56. The summed E-state index contributed by atoms with van der Waals surface area (Å²) in [7, 11) is 0. The third kappa shape index (κ3) is 3.12. The molecule has 0 fully saturated rings. The van der Waals surface area contributed by atoms with Crippen molar-refractivity contribution in [3.63, 3.8) is 0 Å². The van der Waals surface area contributed by atoms with E-state index in [2.05, 4.69) is 0 Å². The quantitative estimate of drug-likeness (QED) is 0.793. The molecule has 0 bridgehead atoms. The predicted molar refractivity (Wildman–Crippen MR) is 52.8 cm³/mol. The van der Waals surface area contributed by atoms with E-state index in [1.807, 2.05) is 0 Å². The zero-order chi connectivity index (χ0) is 12.3. The van der Waals surface area contributed by atoms with Crippen LogP contribution in [0.25, 0.3) is 5.57 Å². The fourth-order valence-electron chi connectivity index (χ4n) is 1.29. The second-order valence-electron chi connectivity index (χ2n) is 3.22. The summed E-state index contributed by atoms with van der Waals surface area (Å²) in [5.74, 6) is -1.59. The lowest BCUT2D eigenvalue weighted by Gasteiger charge is -2.08. The molecule has 0 aliphatic carbocycles. The Bertz CT molecular complexity index is 433. The molecule has 5 heteroatoms. The van der Waals surface area contributed by atoms with Gasteiger partial charge in [0, 0.05) is 6.08 Å². The van der Waals surface area contributed by atoms with Crippen molar-refractivity contribution in [2.45, 2.75) is 13.1 Å². The molecular weight excluding hydrogens is 221 g/mol. The maximum Gasteiger partial charge on any atom is 0.410 e. The summed E-state index contributed by atoms with van der Waals surface area (Å²) in [5, 5.41) is 8.75. The number of aliphatic carboxylic acids is 1. The van der Waals surface area contributed by atoms with Gasteiger partial charge in [-0.1, -0.05) is 24.3 Å². The molecular formula is C11H9F3O2. The van der Waals surface area contributed by atoms with E-state index in [9.17, 15) is 18.0 Å². The van der Waals surface area contributed by atoms with E-state index < -0.39 is 17.7 Å². The van der Waals surface area contributed by atoms with Gasteiger partial charge in [0.25, 0.3) is 0 Å². The summed E-state index contributed by atoms with van der Waals surface area (Å²) < 4.78 is 36.4. The lowest BCUT2D eigenvalue weighted by molar-refractivity contribution is -0.131. The van der Waals surface area contributed by atoms with E-state index in [1.54, 1.807) is 19.1 Å². The molecule has 2 nitrogen and oxygen atoms in total. The molecule has 1 aromatic rings. The summed E-state index contributed by atoms with van der Waals surface area (Å²) in [4.78, 5) is 10.8. The SMILES string of the molecule is Cc1ccccc1C(=CC(F)(F)F)C(=O)O. The summed E-state index contributed by atoms with van der Waals surface area (Å²) >= 11 is 0. The monoisotopic (exact) mass is 230 g/mol. The summed E-state index contributed by atoms with van der Waals surface area (Å²) in [6, 6.07) is 6.03. The largest absolute Gasteiger partial charge is 0.478 e. The molecule has 86 valence electrons. The molecule has 0 atom stereocenters. The Balaban J connectivity index is 3.30. The van der Waals surface area contributed by atoms with Gasteiger partial charge in [0.1, 0.15) is 0 Å². The lowest BCUT2D eigenvalue weighted by atomic mass is 10.0. The van der Waals surface area contributed by atoms with Crippen molar-refractivity contribution in [1.82, 2.24) is 0 Å². The minimum atomic E-state index is -4.64. The van der Waals surface area contributed by atoms with E-state index in [-0.39, 0.29) is 11.6 Å². The highest BCUT2D eigenvalue weighted by Gasteiger charge is 2.27. The van der Waals surface area contributed by atoms with Crippen LogP contribution >= 0.6 is 0 Å². The van der Waals surface area contributed by atoms with Crippen LogP contribution in [-0.4, -0.2) is 17.3 Å². The number of carboxylic acid groups (broad SMARTS) is 1. The number of allylic oxidation sites excluding steroid dienone is 1. The van der Waals surface area contributed by atoms with Gasteiger partial charge in [-0.3, -0.25) is 0 Å². The van der Waals surface area contributed by atoms with Crippen LogP contribution in [-0.2, 0) is 4.79 Å². The van der Waals surface area contributed by atoms with Crippen LogP contribution in [0.1, 0.15) is 11.1 Å². The van der Waals surface area contributed by atoms with Gasteiger partial charge in [-0.2, -0.15) is 13.2 Å². The molecule has 0 heterocycles. The van der Waals surface area contributed by atoms with E-state index in [1.165, 1.54) is 12.1 Å². The van der Waals surface area contributed by atoms with Crippen LogP contribution in [0.2, 0.25) is 0 Å². The molecule has 16 heavy (non-hydrogen) atoms. The first-order valence-electron chi connectivity index (χ1n) is 4.40. The predicted octanol–water partition coefficient (Wildman–Crippen LogP) is 3.03. The van der Waals surface area contributed by atoms with Gasteiger partial charge in [-0.05, 0) is 18.1 Å². The molecule has 0 amide bonds. The highest BCUT2D eigenvalue weighted by molar-refractivity contribution is 6.15. The maximum absolute atomic E-state index is 12.1. The van der Waals surface area contributed by atoms with E-state index >= 15 is 0 Å². The Hall–Kier alpha value is -1.78. The van der Waals surface area contributed by atoms with Crippen molar-refractivity contribution in [3.05, 3.63) is 41.5 Å². The average Bonchev–Trinajstić information content (AvgIpc) is 2.13. The number of carbonyl (C=O) groups is 1. The van der Waals surface area contributed by atoms with Gasteiger partial charge in [0.2, 0.25) is 0 Å². The number of benzene rings is 1. The molecule has 1 N–H and O–H groups in total. The van der Waals surface area contributed by atoms with Crippen LogP contribution in [0.3, 0.4) is 0 Å². The molecule has 0 spiro atoms. The van der Waals surface area contributed by atoms with Gasteiger partial charge >= 0.3 is 12.1 Å². The van der Waals surface area contributed by atoms with Crippen LogP contribution in [0.15, 0.2) is 30.3 Å². The maximum atomic E-state index is 12.1. The minimum Gasteiger partial charge on any atom is -0.478 e. The smallest absolute Gasteiger partial charge is 0.410 e. The topological polar surface area (TPSA) is 37.3 Å². The van der Waals surface area contributed by atoms with Gasteiger partial charge < -0.3 is 5.11 Å². The van der Waals surface area contributed by atoms with Crippen LogP contribution in [0, 0.1) is 6.92 Å². The first kappa shape index (κ1) is 12.3. The van der Waals surface area contributed by atoms with Crippen molar-refractivity contribution in [3.8, 4) is 0 Å². The van der Waals surface area contributed by atoms with Crippen molar-refractivity contribution in [1.29, 1.82) is 0 Å². The Labute approximate surface area is 90.0 Å². The molecule has 1 rings (SSSR count). The second-order valence-corrected chi connectivity index (χ2v) is 3.22. The van der Waals surface area contributed by atoms with Gasteiger partial charge in [0.15, 0.2) is 0 Å². The fourth-order valence-corrected chi connectivity index (χ4v) is 1.29. The number of hydrogen-bond donors (Lipinski definition) is 1. The van der Waals surface area contributed by atoms with Crippen LogP contribution < -0.4 is 0 Å². The van der Waals surface area contributed by atoms with Gasteiger partial charge in [-0.25, -0.2) is 4.79 Å². The molecule has 0 aliphatic heterocycles. The number of carboxylic acids is 1. The lowest BCUT2D eigenvalue weighted by Crippen LogP contribution is -2.09. The number of rotatable bonds is 2. The highest BCUT2D eigenvalue weighted by atomic mass is 19.4. The first-order valence-corrected chi connectivity index (χ1v) is 4.40. The third-order valence-corrected chi connectivity index (χ3v) is 1.97. The minimum absolute atomic E-state index is 0.0762. The van der Waals surface area contributed by atoms with Crippen LogP contribution in [0.5, 0.6) is 0 Å². The zero-order valence-corrected chi connectivity index (χ0v) is 8.38. The third-order valence-electron chi connectivity index (χ3n) is 1.97. The Morgan fingerprint density at radius 1 is 1.31 bits per heavy atom. The number of aryl methyl sites for hydroxylation is 1. The molecule has 0 aromatic heterocycles. The summed E-state index contributed by atoms with van der Waals surface area (Å²) in [5.41, 5.74) is -0.182. The highest BCUT2D eigenvalue weighted by Crippen LogP contribution is 2.26. The Kier molecular flexibility index (Phi) is 3.37. The Morgan fingerprint density at radius 3 is 2.31 bits per heavy atom. The zero-order valence-electron chi connectivity index (χ0n) is 8.38. The van der Waals surface area contributed by atoms with Gasteiger partial charge in [-0.15, -0.1) is 0 Å². The molecule has 0 saturated heterocycles. The van der Waals surface area contributed by atoms with Gasteiger partial charge in [0.05, 0.1) is 5.57 Å². The fraction of sp³-hybridized carbons (Fsp3) is 0.182. The average molecular weight is 230 g/mol. The Morgan fingerprint density at radius 2 is 1.88 bits per heavy atom. The molecule has 0 unspecified atom stereocenters. The van der Waals surface area contributed by atoms with E-state index in [0.29, 0.717) is 5.56 Å². The van der Waals surface area contributed by atoms with E-state index in [0.717, 1.165) is 0 Å². The van der Waals surface area contributed by atoms with E-state index in [4.69, 9.17) is 5.11 Å². The number of hydrogen-bond acceptors (Lipinski definition) is 1. The standard InChI is InChI=1S/C11H9F3O2/c1-7-4-2-3-5-8(7)9(10(15)16)6-11(12,13)14/h2-6H,1H3,(H,15,16). The van der Waals surface area contributed by atoms with Crippen molar-refractivity contribution >= 4 is 11.5 Å².